The lowest BCUT2D eigenvalue weighted by Gasteiger charge is -1.93. The smallest absolute Gasteiger partial charge is 0.274 e. The number of rotatable bonds is 2. The molecule has 1 amide bonds. The summed E-state index contributed by atoms with van der Waals surface area (Å²) >= 11 is 0. The summed E-state index contributed by atoms with van der Waals surface area (Å²) in [6.07, 6.45) is 0. The van der Waals surface area contributed by atoms with Gasteiger partial charge in [0.1, 0.15) is 0 Å². The lowest BCUT2D eigenvalue weighted by Crippen LogP contribution is -2.35. The number of carbonyl (C=O) groups is 1. The standard InChI is InChI=1S/C2H6N2O4S/c3-4-2(5)1-9(6,7)8/h1,3H2,(H,4,5)(H,6,7,8). The summed E-state index contributed by atoms with van der Waals surface area (Å²) < 4.78 is 27.7. The molecule has 0 saturated heterocycles. The van der Waals surface area contributed by atoms with Crippen molar-refractivity contribution >= 4 is 16.0 Å². The highest BCUT2D eigenvalue weighted by atomic mass is 32.2. The van der Waals surface area contributed by atoms with E-state index in [1.807, 2.05) is 0 Å². The van der Waals surface area contributed by atoms with E-state index in [0.717, 1.165) is 0 Å². The van der Waals surface area contributed by atoms with Gasteiger partial charge in [-0.15, -0.1) is 0 Å². The molecule has 0 bridgehead atoms. The summed E-state index contributed by atoms with van der Waals surface area (Å²) in [4.78, 5) is 10.1. The Morgan fingerprint density at radius 2 is 2.11 bits per heavy atom. The number of hydrazine groups is 1. The van der Waals surface area contributed by atoms with Gasteiger partial charge in [0, 0.05) is 0 Å². The average molecular weight is 154 g/mol. The van der Waals surface area contributed by atoms with Crippen LogP contribution in [0, 0.1) is 0 Å². The highest BCUT2D eigenvalue weighted by Crippen LogP contribution is 1.78. The van der Waals surface area contributed by atoms with E-state index in [-0.39, 0.29) is 0 Å². The van der Waals surface area contributed by atoms with Gasteiger partial charge in [-0.25, -0.2) is 5.84 Å². The molecule has 0 radical (unpaired) electrons. The van der Waals surface area contributed by atoms with Crippen molar-refractivity contribution in [3.05, 3.63) is 0 Å². The van der Waals surface area contributed by atoms with Gasteiger partial charge in [0.25, 0.3) is 16.0 Å². The predicted octanol–water partition coefficient (Wildman–Crippen LogP) is -2.14. The van der Waals surface area contributed by atoms with Crippen LogP contribution < -0.4 is 11.3 Å². The van der Waals surface area contributed by atoms with Crippen molar-refractivity contribution in [1.82, 2.24) is 5.43 Å². The molecule has 9 heavy (non-hydrogen) atoms. The van der Waals surface area contributed by atoms with E-state index in [1.54, 1.807) is 5.43 Å². The van der Waals surface area contributed by atoms with Crippen molar-refractivity contribution in [3.8, 4) is 0 Å². The number of hydrogen-bond acceptors (Lipinski definition) is 4. The molecular formula is C2H6N2O4S. The van der Waals surface area contributed by atoms with Crippen molar-refractivity contribution < 1.29 is 17.8 Å². The molecule has 4 N–H and O–H groups in total. The van der Waals surface area contributed by atoms with E-state index < -0.39 is 21.8 Å². The summed E-state index contributed by atoms with van der Waals surface area (Å²) in [5, 5.41) is 0. The van der Waals surface area contributed by atoms with Crippen LogP contribution in [0.2, 0.25) is 0 Å². The van der Waals surface area contributed by atoms with E-state index in [0.29, 0.717) is 0 Å². The van der Waals surface area contributed by atoms with Gasteiger partial charge in [0.15, 0.2) is 5.75 Å². The molecule has 0 heterocycles. The van der Waals surface area contributed by atoms with Gasteiger partial charge in [-0.2, -0.15) is 8.42 Å². The summed E-state index contributed by atoms with van der Waals surface area (Å²) in [7, 11) is -4.23. The van der Waals surface area contributed by atoms with E-state index in [2.05, 4.69) is 5.84 Å². The van der Waals surface area contributed by atoms with Crippen LogP contribution in [0.5, 0.6) is 0 Å². The topological polar surface area (TPSA) is 109 Å². The molecule has 0 aromatic heterocycles. The number of nitrogens with two attached hydrogens (primary N) is 1. The molecule has 0 saturated carbocycles. The zero-order chi connectivity index (χ0) is 7.49. The summed E-state index contributed by atoms with van der Waals surface area (Å²) in [6, 6.07) is 0. The van der Waals surface area contributed by atoms with Crippen LogP contribution in [-0.2, 0) is 14.9 Å². The number of carbonyl (C=O) groups excluding carboxylic acids is 1. The predicted molar refractivity (Wildman–Crippen MR) is 28.7 cm³/mol. The fourth-order valence-electron chi connectivity index (χ4n) is 0.207. The molecule has 0 aliphatic heterocycles. The molecule has 7 heteroatoms. The first kappa shape index (κ1) is 8.34. The summed E-state index contributed by atoms with van der Waals surface area (Å²) in [5.74, 6) is 2.56. The third-order valence-electron chi connectivity index (χ3n) is 0.474. The van der Waals surface area contributed by atoms with Gasteiger partial charge in [-0.3, -0.25) is 14.8 Å². The molecule has 0 fully saturated rings. The minimum Gasteiger partial charge on any atom is -0.293 e. The van der Waals surface area contributed by atoms with E-state index >= 15 is 0 Å². The molecule has 0 spiro atoms. The lowest BCUT2D eigenvalue weighted by molar-refractivity contribution is -0.118. The van der Waals surface area contributed by atoms with Crippen LogP contribution in [0.25, 0.3) is 0 Å². The fourth-order valence-corrected chi connectivity index (χ4v) is 0.622. The third-order valence-corrected chi connectivity index (χ3v) is 1.10. The average Bonchev–Trinajstić information content (AvgIpc) is 1.62. The Bertz CT molecular complexity index is 195. The first-order valence-corrected chi connectivity index (χ1v) is 3.51. The Morgan fingerprint density at radius 3 is 2.22 bits per heavy atom. The van der Waals surface area contributed by atoms with Crippen molar-refractivity contribution in [2.75, 3.05) is 5.75 Å². The van der Waals surface area contributed by atoms with Crippen LogP contribution in [-0.4, -0.2) is 24.6 Å². The van der Waals surface area contributed by atoms with Crippen LogP contribution in [0.4, 0.5) is 0 Å². The monoisotopic (exact) mass is 154 g/mol. The quantitative estimate of drug-likeness (QED) is 0.182. The molecule has 54 valence electrons. The molecule has 0 aromatic carbocycles. The highest BCUT2D eigenvalue weighted by molar-refractivity contribution is 7.86. The van der Waals surface area contributed by atoms with Crippen LogP contribution in [0.3, 0.4) is 0 Å². The SMILES string of the molecule is NNC(=O)CS(=O)(=O)O. The Morgan fingerprint density at radius 1 is 1.67 bits per heavy atom. The second-order valence-electron chi connectivity index (χ2n) is 1.29. The molecule has 0 atom stereocenters. The lowest BCUT2D eigenvalue weighted by atomic mass is 10.8. The molecule has 0 aliphatic rings. The highest BCUT2D eigenvalue weighted by Gasteiger charge is 2.09. The summed E-state index contributed by atoms with van der Waals surface area (Å²) in [6.45, 7) is 0. The van der Waals surface area contributed by atoms with Gasteiger partial charge in [0.05, 0.1) is 0 Å². The minimum atomic E-state index is -4.23. The van der Waals surface area contributed by atoms with Gasteiger partial charge in [-0.05, 0) is 0 Å². The van der Waals surface area contributed by atoms with Gasteiger partial charge >= 0.3 is 0 Å². The second kappa shape index (κ2) is 2.76. The maximum Gasteiger partial charge on any atom is 0.274 e. The molecular weight excluding hydrogens is 148 g/mol. The van der Waals surface area contributed by atoms with Crippen LogP contribution in [0.15, 0.2) is 0 Å². The maximum atomic E-state index is 10.1. The number of nitrogens with one attached hydrogen (secondary N) is 1. The third kappa shape index (κ3) is 5.21. The minimum absolute atomic E-state index is 0.947. The van der Waals surface area contributed by atoms with Gasteiger partial charge in [0.2, 0.25) is 0 Å². The van der Waals surface area contributed by atoms with Gasteiger partial charge < -0.3 is 0 Å². The fraction of sp³-hybridized carbons (Fsp3) is 0.500. The molecule has 0 aromatic rings. The Balaban J connectivity index is 3.91. The number of hydrogen-bond donors (Lipinski definition) is 3. The van der Waals surface area contributed by atoms with Crippen molar-refractivity contribution in [2.24, 2.45) is 5.84 Å². The zero-order valence-electron chi connectivity index (χ0n) is 4.36. The van der Waals surface area contributed by atoms with Crippen molar-refractivity contribution in [1.29, 1.82) is 0 Å². The number of amides is 1. The van der Waals surface area contributed by atoms with E-state index in [1.165, 1.54) is 0 Å². The first-order chi connectivity index (χ1) is 3.95. The maximum absolute atomic E-state index is 10.1. The normalized spacial score (nSPS) is 10.9. The van der Waals surface area contributed by atoms with Gasteiger partial charge in [-0.1, -0.05) is 0 Å². The second-order valence-corrected chi connectivity index (χ2v) is 2.75. The Hall–Kier alpha value is -0.660. The van der Waals surface area contributed by atoms with Crippen LogP contribution in [0.1, 0.15) is 0 Å². The summed E-state index contributed by atoms with van der Waals surface area (Å²) in [5.41, 5.74) is 1.54. The van der Waals surface area contributed by atoms with E-state index in [9.17, 15) is 13.2 Å². The Kier molecular flexibility index (Phi) is 2.56. The van der Waals surface area contributed by atoms with Crippen molar-refractivity contribution in [3.63, 3.8) is 0 Å². The molecule has 0 aliphatic carbocycles. The molecule has 0 rings (SSSR count). The zero-order valence-corrected chi connectivity index (χ0v) is 5.18. The molecule has 0 unspecified atom stereocenters. The largest absolute Gasteiger partial charge is 0.293 e. The molecule has 6 nitrogen and oxygen atoms in total. The Labute approximate surface area is 51.8 Å². The first-order valence-electron chi connectivity index (χ1n) is 1.90. The van der Waals surface area contributed by atoms with E-state index in [4.69, 9.17) is 4.55 Å². The van der Waals surface area contributed by atoms with Crippen LogP contribution >= 0.6 is 0 Å². The van der Waals surface area contributed by atoms with Crippen molar-refractivity contribution in [2.45, 2.75) is 0 Å².